The van der Waals surface area contributed by atoms with Gasteiger partial charge in [-0.2, -0.15) is 5.10 Å². The second kappa shape index (κ2) is 5.04. The average Bonchev–Trinajstić information content (AvgIpc) is 2.69. The van der Waals surface area contributed by atoms with Crippen molar-refractivity contribution < 1.29 is 0 Å². The van der Waals surface area contributed by atoms with E-state index in [1.165, 1.54) is 11.1 Å². The highest BCUT2D eigenvalue weighted by Crippen LogP contribution is 2.15. The van der Waals surface area contributed by atoms with E-state index in [1.807, 2.05) is 17.9 Å². The van der Waals surface area contributed by atoms with Crippen LogP contribution < -0.4 is 5.32 Å². The van der Waals surface area contributed by atoms with Gasteiger partial charge in [0.15, 0.2) is 0 Å². The number of nitrogens with zero attached hydrogens (tertiary/aromatic N) is 2. The van der Waals surface area contributed by atoms with Gasteiger partial charge in [-0.15, -0.1) is 0 Å². The summed E-state index contributed by atoms with van der Waals surface area (Å²) in [6.07, 6.45) is 2.99. The van der Waals surface area contributed by atoms with E-state index in [0.717, 1.165) is 24.3 Å². The Labute approximate surface area is 102 Å². The summed E-state index contributed by atoms with van der Waals surface area (Å²) in [6, 6.07) is 8.59. The molecule has 0 radical (unpaired) electrons. The van der Waals surface area contributed by atoms with Crippen molar-refractivity contribution in [3.05, 3.63) is 47.3 Å². The van der Waals surface area contributed by atoms with Gasteiger partial charge in [-0.3, -0.25) is 4.68 Å². The third kappa shape index (κ3) is 2.87. The molecule has 0 unspecified atom stereocenters. The molecule has 1 heterocycles. The Hall–Kier alpha value is -1.77. The number of nitrogens with one attached hydrogen (secondary N) is 1. The molecule has 0 aliphatic heterocycles. The normalized spacial score (nSPS) is 10.5. The van der Waals surface area contributed by atoms with E-state index in [9.17, 15) is 0 Å². The number of hydrogen-bond donors (Lipinski definition) is 1. The van der Waals surface area contributed by atoms with Crippen LogP contribution in [0.15, 0.2) is 30.5 Å². The van der Waals surface area contributed by atoms with Crippen LogP contribution in [-0.4, -0.2) is 9.78 Å². The molecule has 2 rings (SSSR count). The van der Waals surface area contributed by atoms with E-state index in [0.29, 0.717) is 0 Å². The quantitative estimate of drug-likeness (QED) is 0.873. The van der Waals surface area contributed by atoms with Crippen LogP contribution in [0.3, 0.4) is 0 Å². The minimum atomic E-state index is 0.846. The van der Waals surface area contributed by atoms with Crippen molar-refractivity contribution in [3.8, 4) is 0 Å². The molecule has 0 saturated carbocycles. The van der Waals surface area contributed by atoms with Gasteiger partial charge in [0, 0.05) is 19.8 Å². The molecule has 3 heteroatoms. The average molecular weight is 229 g/mol. The molecule has 1 aromatic carbocycles. The molecule has 1 aromatic heterocycles. The first-order chi connectivity index (χ1) is 8.19. The minimum Gasteiger partial charge on any atom is -0.378 e. The van der Waals surface area contributed by atoms with Crippen LogP contribution in [0.25, 0.3) is 0 Å². The Morgan fingerprint density at radius 2 is 1.94 bits per heavy atom. The van der Waals surface area contributed by atoms with Crippen LogP contribution >= 0.6 is 0 Å². The highest BCUT2D eigenvalue weighted by molar-refractivity contribution is 5.46. The van der Waals surface area contributed by atoms with Crippen molar-refractivity contribution in [2.24, 2.45) is 7.05 Å². The van der Waals surface area contributed by atoms with Crippen LogP contribution in [0.4, 0.5) is 5.69 Å². The molecule has 17 heavy (non-hydrogen) atoms. The summed E-state index contributed by atoms with van der Waals surface area (Å²) in [5.74, 6) is 0. The zero-order valence-corrected chi connectivity index (χ0v) is 10.7. The first-order valence-corrected chi connectivity index (χ1v) is 6.01. The maximum absolute atomic E-state index is 4.41. The molecule has 1 N–H and O–H groups in total. The molecule has 90 valence electrons. The van der Waals surface area contributed by atoms with E-state index < -0.39 is 0 Å². The monoisotopic (exact) mass is 229 g/mol. The second-order valence-electron chi connectivity index (χ2n) is 4.36. The summed E-state index contributed by atoms with van der Waals surface area (Å²) < 4.78 is 1.86. The molecule has 0 amide bonds. The number of rotatable bonds is 4. The highest BCUT2D eigenvalue weighted by Gasteiger charge is 2.04. The minimum absolute atomic E-state index is 0.846. The van der Waals surface area contributed by atoms with Crippen LogP contribution in [0.2, 0.25) is 0 Å². The lowest BCUT2D eigenvalue weighted by Crippen LogP contribution is -2.00. The summed E-state index contributed by atoms with van der Waals surface area (Å²) >= 11 is 0. The lowest BCUT2D eigenvalue weighted by molar-refractivity contribution is 0.746. The van der Waals surface area contributed by atoms with Gasteiger partial charge >= 0.3 is 0 Å². The van der Waals surface area contributed by atoms with Crippen molar-refractivity contribution in [2.75, 3.05) is 5.32 Å². The molecule has 0 aliphatic rings. The standard InChI is InChI=1S/C14H19N3/c1-4-13-14(10-17(3)16-13)15-9-12-7-5-11(2)6-8-12/h5-8,10,15H,4,9H2,1-3H3. The number of anilines is 1. The molecule has 0 aliphatic carbocycles. The van der Waals surface area contributed by atoms with E-state index in [4.69, 9.17) is 0 Å². The van der Waals surface area contributed by atoms with Gasteiger partial charge in [0.25, 0.3) is 0 Å². The van der Waals surface area contributed by atoms with Crippen LogP contribution in [0.1, 0.15) is 23.7 Å². The van der Waals surface area contributed by atoms with Gasteiger partial charge in [-0.1, -0.05) is 36.8 Å². The summed E-state index contributed by atoms with van der Waals surface area (Å²) in [5.41, 5.74) is 4.85. The summed E-state index contributed by atoms with van der Waals surface area (Å²) in [5, 5.41) is 7.85. The Morgan fingerprint density at radius 1 is 1.24 bits per heavy atom. The van der Waals surface area contributed by atoms with E-state index in [2.05, 4.69) is 48.5 Å². The lowest BCUT2D eigenvalue weighted by atomic mass is 10.1. The van der Waals surface area contributed by atoms with Crippen molar-refractivity contribution in [3.63, 3.8) is 0 Å². The predicted molar refractivity (Wildman–Crippen MR) is 71.1 cm³/mol. The van der Waals surface area contributed by atoms with Crippen molar-refractivity contribution >= 4 is 5.69 Å². The Bertz CT molecular complexity index is 483. The van der Waals surface area contributed by atoms with E-state index in [-0.39, 0.29) is 0 Å². The van der Waals surface area contributed by atoms with Gasteiger partial charge < -0.3 is 5.32 Å². The summed E-state index contributed by atoms with van der Waals surface area (Å²) in [6.45, 7) is 5.08. The summed E-state index contributed by atoms with van der Waals surface area (Å²) in [4.78, 5) is 0. The molecule has 3 nitrogen and oxygen atoms in total. The van der Waals surface area contributed by atoms with Gasteiger partial charge in [-0.25, -0.2) is 0 Å². The number of aryl methyl sites for hydroxylation is 3. The Morgan fingerprint density at radius 3 is 2.59 bits per heavy atom. The topological polar surface area (TPSA) is 29.9 Å². The molecule has 0 spiro atoms. The molecule has 0 bridgehead atoms. The molecular formula is C14H19N3. The van der Waals surface area contributed by atoms with E-state index in [1.54, 1.807) is 0 Å². The Balaban J connectivity index is 2.04. The van der Waals surface area contributed by atoms with E-state index >= 15 is 0 Å². The fourth-order valence-corrected chi connectivity index (χ4v) is 1.85. The number of aromatic nitrogens is 2. The zero-order valence-electron chi connectivity index (χ0n) is 10.7. The Kier molecular flexibility index (Phi) is 3.47. The van der Waals surface area contributed by atoms with Crippen LogP contribution in [0.5, 0.6) is 0 Å². The van der Waals surface area contributed by atoms with Crippen molar-refractivity contribution in [2.45, 2.75) is 26.8 Å². The molecule has 0 saturated heterocycles. The fraction of sp³-hybridized carbons (Fsp3) is 0.357. The van der Waals surface area contributed by atoms with Gasteiger partial charge in [0.2, 0.25) is 0 Å². The third-order valence-electron chi connectivity index (χ3n) is 2.84. The lowest BCUT2D eigenvalue weighted by Gasteiger charge is -2.05. The molecule has 0 fully saturated rings. The smallest absolute Gasteiger partial charge is 0.0853 e. The zero-order chi connectivity index (χ0) is 12.3. The van der Waals surface area contributed by atoms with Crippen molar-refractivity contribution in [1.82, 2.24) is 9.78 Å². The molecule has 0 atom stereocenters. The first kappa shape index (κ1) is 11.7. The van der Waals surface area contributed by atoms with Crippen molar-refractivity contribution in [1.29, 1.82) is 0 Å². The highest BCUT2D eigenvalue weighted by atomic mass is 15.3. The number of hydrogen-bond acceptors (Lipinski definition) is 2. The summed E-state index contributed by atoms with van der Waals surface area (Å²) in [7, 11) is 1.95. The third-order valence-corrected chi connectivity index (χ3v) is 2.84. The van der Waals surface area contributed by atoms with Crippen LogP contribution in [-0.2, 0) is 20.0 Å². The number of benzene rings is 1. The fourth-order valence-electron chi connectivity index (χ4n) is 1.85. The van der Waals surface area contributed by atoms with Gasteiger partial charge in [-0.05, 0) is 18.9 Å². The molecular weight excluding hydrogens is 210 g/mol. The second-order valence-corrected chi connectivity index (χ2v) is 4.36. The predicted octanol–water partition coefficient (Wildman–Crippen LogP) is 2.90. The van der Waals surface area contributed by atoms with Gasteiger partial charge in [0.1, 0.15) is 0 Å². The van der Waals surface area contributed by atoms with Gasteiger partial charge in [0.05, 0.1) is 11.4 Å². The maximum Gasteiger partial charge on any atom is 0.0853 e. The first-order valence-electron chi connectivity index (χ1n) is 6.01. The molecule has 2 aromatic rings. The largest absolute Gasteiger partial charge is 0.378 e. The maximum atomic E-state index is 4.41. The SMILES string of the molecule is CCc1nn(C)cc1NCc1ccc(C)cc1. The van der Waals surface area contributed by atoms with Crippen LogP contribution in [0, 0.1) is 6.92 Å².